The van der Waals surface area contributed by atoms with Gasteiger partial charge in [0.1, 0.15) is 18.4 Å². The number of aryl methyl sites for hydroxylation is 1. The molecule has 8 nitrogen and oxygen atoms in total. The Hall–Kier alpha value is -4.33. The van der Waals surface area contributed by atoms with E-state index in [0.29, 0.717) is 22.7 Å². The quantitative estimate of drug-likeness (QED) is 0.417. The molecule has 8 heteroatoms. The fourth-order valence-corrected chi connectivity index (χ4v) is 3.35. The highest BCUT2D eigenvalue weighted by atomic mass is 16.5. The van der Waals surface area contributed by atoms with Gasteiger partial charge >= 0.3 is 0 Å². The molecule has 0 aliphatic carbocycles. The molecule has 3 heterocycles. The average molecular weight is 410 g/mol. The van der Waals surface area contributed by atoms with Gasteiger partial charge in [-0.3, -0.25) is 4.79 Å². The molecule has 5 rings (SSSR count). The Morgan fingerprint density at radius 1 is 1.10 bits per heavy atom. The summed E-state index contributed by atoms with van der Waals surface area (Å²) >= 11 is 0. The van der Waals surface area contributed by atoms with Crippen molar-refractivity contribution < 1.29 is 9.32 Å². The summed E-state index contributed by atoms with van der Waals surface area (Å²) in [7, 11) is 0. The van der Waals surface area contributed by atoms with Gasteiger partial charge in [-0.15, -0.1) is 0 Å². The normalized spacial score (nSPS) is 11.0. The van der Waals surface area contributed by atoms with Crippen molar-refractivity contribution in [3.05, 3.63) is 90.2 Å². The summed E-state index contributed by atoms with van der Waals surface area (Å²) in [5.74, 6) is 0.582. The summed E-state index contributed by atoms with van der Waals surface area (Å²) in [5.41, 5.74) is 4.57. The Balaban J connectivity index is 1.47. The lowest BCUT2D eigenvalue weighted by atomic mass is 10.0. The number of hydrogen-bond acceptors (Lipinski definition) is 7. The van der Waals surface area contributed by atoms with E-state index in [1.54, 1.807) is 16.9 Å². The molecule has 5 aromatic rings. The second kappa shape index (κ2) is 7.83. The molecule has 1 N–H and O–H groups in total. The predicted octanol–water partition coefficient (Wildman–Crippen LogP) is 4.28. The number of nitrogens with zero attached hydrogens (tertiary/aromatic N) is 5. The third-order valence-corrected chi connectivity index (χ3v) is 5.01. The standard InChI is InChI=1S/C23H18N6O2/c1-15-7-8-16(21(30)12-17-9-10-31-28-17)11-20(15)27-22-19-13-26-29(23(19)25-14-24-22)18-5-3-2-4-6-18/h2-11,13-14H,12H2,1H3,(H,24,25,27). The molecule has 2 aromatic carbocycles. The summed E-state index contributed by atoms with van der Waals surface area (Å²) in [6, 6.07) is 17.0. The van der Waals surface area contributed by atoms with E-state index in [4.69, 9.17) is 4.52 Å². The molecule has 0 aliphatic heterocycles. The van der Waals surface area contributed by atoms with Crippen LogP contribution in [0.3, 0.4) is 0 Å². The van der Waals surface area contributed by atoms with Crippen molar-refractivity contribution in [1.82, 2.24) is 24.9 Å². The largest absolute Gasteiger partial charge is 0.364 e. The van der Waals surface area contributed by atoms with Crippen molar-refractivity contribution in [2.45, 2.75) is 13.3 Å². The van der Waals surface area contributed by atoms with Gasteiger partial charge in [0.2, 0.25) is 0 Å². The van der Waals surface area contributed by atoms with Crippen LogP contribution in [-0.2, 0) is 6.42 Å². The molecule has 0 unspecified atom stereocenters. The topological polar surface area (TPSA) is 98.7 Å². The number of anilines is 2. The zero-order chi connectivity index (χ0) is 21.2. The van der Waals surface area contributed by atoms with Crippen LogP contribution < -0.4 is 5.32 Å². The Labute approximate surface area is 177 Å². The van der Waals surface area contributed by atoms with E-state index < -0.39 is 0 Å². The van der Waals surface area contributed by atoms with Gasteiger partial charge in [0.15, 0.2) is 11.4 Å². The van der Waals surface area contributed by atoms with Crippen LogP contribution in [0, 0.1) is 6.92 Å². The highest BCUT2D eigenvalue weighted by molar-refractivity contribution is 5.99. The predicted molar refractivity (Wildman–Crippen MR) is 116 cm³/mol. The molecule has 0 aliphatic rings. The molecular formula is C23H18N6O2. The van der Waals surface area contributed by atoms with E-state index in [1.165, 1.54) is 12.6 Å². The van der Waals surface area contributed by atoms with Gasteiger partial charge in [-0.25, -0.2) is 14.6 Å². The molecule has 0 radical (unpaired) electrons. The molecule has 0 atom stereocenters. The van der Waals surface area contributed by atoms with E-state index in [9.17, 15) is 4.79 Å². The molecule has 0 fully saturated rings. The van der Waals surface area contributed by atoms with Gasteiger partial charge in [-0.2, -0.15) is 5.10 Å². The minimum absolute atomic E-state index is 0.0401. The number of nitrogens with one attached hydrogen (secondary N) is 1. The zero-order valence-corrected chi connectivity index (χ0v) is 16.7. The van der Waals surface area contributed by atoms with Crippen LogP contribution in [0.15, 0.2) is 77.9 Å². The van der Waals surface area contributed by atoms with Crippen molar-refractivity contribution in [1.29, 1.82) is 0 Å². The number of ketones is 1. The van der Waals surface area contributed by atoms with Crippen molar-refractivity contribution in [2.24, 2.45) is 0 Å². The van der Waals surface area contributed by atoms with Crippen LogP contribution in [0.1, 0.15) is 21.6 Å². The minimum atomic E-state index is -0.0401. The molecule has 0 saturated carbocycles. The van der Waals surface area contributed by atoms with Crippen molar-refractivity contribution >= 4 is 28.3 Å². The van der Waals surface area contributed by atoms with E-state index in [0.717, 1.165) is 22.3 Å². The molecule has 3 aromatic heterocycles. The number of carbonyl (C=O) groups excluding carboxylic acids is 1. The summed E-state index contributed by atoms with van der Waals surface area (Å²) in [6.45, 7) is 1.97. The van der Waals surface area contributed by atoms with Crippen LogP contribution in [0.5, 0.6) is 0 Å². The molecule has 152 valence electrons. The number of Topliss-reactive ketones (excluding diaryl/α,β-unsaturated/α-hetero) is 1. The first-order valence-corrected chi connectivity index (χ1v) is 9.73. The van der Waals surface area contributed by atoms with E-state index in [2.05, 4.69) is 25.5 Å². The number of aromatic nitrogens is 5. The van der Waals surface area contributed by atoms with E-state index in [1.807, 2.05) is 55.5 Å². The van der Waals surface area contributed by atoms with Gasteiger partial charge < -0.3 is 9.84 Å². The van der Waals surface area contributed by atoms with Crippen molar-refractivity contribution in [3.8, 4) is 5.69 Å². The molecule has 0 saturated heterocycles. The van der Waals surface area contributed by atoms with Gasteiger partial charge in [-0.1, -0.05) is 35.5 Å². The third kappa shape index (κ3) is 3.66. The van der Waals surface area contributed by atoms with Gasteiger partial charge in [-0.05, 0) is 30.7 Å². The smallest absolute Gasteiger partial charge is 0.169 e. The van der Waals surface area contributed by atoms with E-state index >= 15 is 0 Å². The van der Waals surface area contributed by atoms with Crippen molar-refractivity contribution in [2.75, 3.05) is 5.32 Å². The molecule has 31 heavy (non-hydrogen) atoms. The van der Waals surface area contributed by atoms with Crippen LogP contribution in [0.4, 0.5) is 11.5 Å². The first-order chi connectivity index (χ1) is 15.2. The summed E-state index contributed by atoms with van der Waals surface area (Å²) in [4.78, 5) is 21.5. The van der Waals surface area contributed by atoms with Gasteiger partial charge in [0, 0.05) is 17.3 Å². The fourth-order valence-electron chi connectivity index (χ4n) is 3.35. The fraction of sp³-hybridized carbons (Fsp3) is 0.0870. The number of hydrogen-bond donors (Lipinski definition) is 1. The van der Waals surface area contributed by atoms with Gasteiger partial charge in [0.25, 0.3) is 0 Å². The number of fused-ring (bicyclic) bond motifs is 1. The van der Waals surface area contributed by atoms with E-state index in [-0.39, 0.29) is 12.2 Å². The van der Waals surface area contributed by atoms with Crippen LogP contribution in [0.2, 0.25) is 0 Å². The lowest BCUT2D eigenvalue weighted by Crippen LogP contribution is -2.06. The van der Waals surface area contributed by atoms with Crippen molar-refractivity contribution in [3.63, 3.8) is 0 Å². The second-order valence-electron chi connectivity index (χ2n) is 7.10. The maximum Gasteiger partial charge on any atom is 0.169 e. The molecule has 0 amide bonds. The SMILES string of the molecule is Cc1ccc(C(=O)Cc2ccon2)cc1Nc1ncnc2c1cnn2-c1ccccc1. The van der Waals surface area contributed by atoms with Crippen LogP contribution >= 0.6 is 0 Å². The first-order valence-electron chi connectivity index (χ1n) is 9.73. The number of benzene rings is 2. The monoisotopic (exact) mass is 410 g/mol. The summed E-state index contributed by atoms with van der Waals surface area (Å²) < 4.78 is 6.58. The summed E-state index contributed by atoms with van der Waals surface area (Å²) in [6.07, 6.45) is 4.88. The highest BCUT2D eigenvalue weighted by Gasteiger charge is 2.14. The maximum atomic E-state index is 12.7. The molecule has 0 bridgehead atoms. The first kappa shape index (κ1) is 18.7. The second-order valence-corrected chi connectivity index (χ2v) is 7.10. The maximum absolute atomic E-state index is 12.7. The minimum Gasteiger partial charge on any atom is -0.364 e. The number of rotatable bonds is 6. The van der Waals surface area contributed by atoms with Crippen LogP contribution in [-0.4, -0.2) is 30.7 Å². The average Bonchev–Trinajstić information content (AvgIpc) is 3.46. The number of carbonyl (C=O) groups is 1. The Kier molecular flexibility index (Phi) is 4.72. The lowest BCUT2D eigenvalue weighted by molar-refractivity contribution is 0.0991. The Morgan fingerprint density at radius 2 is 1.97 bits per heavy atom. The molecular weight excluding hydrogens is 392 g/mol. The van der Waals surface area contributed by atoms with Crippen LogP contribution in [0.25, 0.3) is 16.7 Å². The lowest BCUT2D eigenvalue weighted by Gasteiger charge is -2.11. The molecule has 0 spiro atoms. The third-order valence-electron chi connectivity index (χ3n) is 5.01. The Morgan fingerprint density at radius 3 is 2.77 bits per heavy atom. The zero-order valence-electron chi connectivity index (χ0n) is 16.7. The van der Waals surface area contributed by atoms with Gasteiger partial charge in [0.05, 0.1) is 29.4 Å². The Bertz CT molecular complexity index is 1360. The number of para-hydroxylation sites is 1. The summed E-state index contributed by atoms with van der Waals surface area (Å²) in [5, 5.41) is 12.4. The highest BCUT2D eigenvalue weighted by Crippen LogP contribution is 2.27.